The van der Waals surface area contributed by atoms with Crippen LogP contribution in [0.25, 0.3) is 10.8 Å². The number of likely N-dealkylation sites (tertiary alicyclic amines) is 1. The van der Waals surface area contributed by atoms with Crippen LogP contribution in [-0.4, -0.2) is 64.7 Å². The molecule has 2 amide bonds. The normalized spacial score (nSPS) is 19.8. The topological polar surface area (TPSA) is 85.4 Å². The number of ether oxygens (including phenoxy) is 3. The molecule has 0 aromatic heterocycles. The predicted octanol–water partition coefficient (Wildman–Crippen LogP) is 4.80. The fraction of sp³-hybridized carbons (Fsp3) is 0.483. The van der Waals surface area contributed by atoms with Gasteiger partial charge in [-0.3, -0.25) is 9.69 Å². The van der Waals surface area contributed by atoms with Crippen molar-refractivity contribution in [3.05, 3.63) is 60.3 Å². The van der Waals surface area contributed by atoms with Crippen molar-refractivity contribution in [2.75, 3.05) is 13.2 Å². The third kappa shape index (κ3) is 6.89. The average molecular weight is 509 g/mol. The third-order valence-electron chi connectivity index (χ3n) is 6.38. The van der Waals surface area contributed by atoms with Crippen LogP contribution in [-0.2, 0) is 30.4 Å². The molecular weight excluding hydrogens is 472 g/mol. The van der Waals surface area contributed by atoms with Crippen molar-refractivity contribution < 1.29 is 28.6 Å². The molecule has 8 heteroatoms. The minimum absolute atomic E-state index is 0.00862. The first-order chi connectivity index (χ1) is 17.7. The van der Waals surface area contributed by atoms with Crippen LogP contribution in [0.1, 0.15) is 52.5 Å². The van der Waals surface area contributed by atoms with Gasteiger partial charge in [-0.05, 0) is 56.9 Å². The molecule has 1 heterocycles. The third-order valence-corrected chi connectivity index (χ3v) is 6.38. The van der Waals surface area contributed by atoms with E-state index < -0.39 is 23.7 Å². The average Bonchev–Trinajstić information content (AvgIpc) is 3.59. The summed E-state index contributed by atoms with van der Waals surface area (Å²) in [6.45, 7) is 7.98. The lowest BCUT2D eigenvalue weighted by Gasteiger charge is -2.30. The zero-order valence-corrected chi connectivity index (χ0v) is 22.0. The van der Waals surface area contributed by atoms with Gasteiger partial charge in [-0.25, -0.2) is 9.59 Å². The van der Waals surface area contributed by atoms with Crippen LogP contribution in [0.5, 0.6) is 0 Å². The van der Waals surface area contributed by atoms with Gasteiger partial charge in [0.25, 0.3) is 0 Å². The Labute approximate surface area is 218 Å². The van der Waals surface area contributed by atoms with Gasteiger partial charge in [-0.15, -0.1) is 0 Å². The second kappa shape index (κ2) is 11.3. The molecule has 0 N–H and O–H groups in total. The van der Waals surface area contributed by atoms with E-state index in [9.17, 15) is 14.4 Å². The Bertz CT molecular complexity index is 1160. The first kappa shape index (κ1) is 26.7. The van der Waals surface area contributed by atoms with E-state index in [1.54, 1.807) is 32.6 Å². The first-order valence-electron chi connectivity index (χ1n) is 12.9. The highest BCUT2D eigenvalue weighted by Crippen LogP contribution is 2.32. The van der Waals surface area contributed by atoms with Gasteiger partial charge in [0, 0.05) is 24.7 Å². The molecule has 1 aliphatic carbocycles. The van der Waals surface area contributed by atoms with Crippen molar-refractivity contribution in [2.24, 2.45) is 0 Å². The Morgan fingerprint density at radius 1 is 1.08 bits per heavy atom. The zero-order valence-electron chi connectivity index (χ0n) is 22.0. The molecule has 0 spiro atoms. The van der Waals surface area contributed by atoms with Crippen LogP contribution in [0.4, 0.5) is 4.79 Å². The number of fused-ring (bicyclic) bond motifs is 1. The van der Waals surface area contributed by atoms with Crippen molar-refractivity contribution in [3.63, 3.8) is 0 Å². The summed E-state index contributed by atoms with van der Waals surface area (Å²) in [5, 5.41) is 2.25. The van der Waals surface area contributed by atoms with Crippen molar-refractivity contribution in [1.82, 2.24) is 9.80 Å². The standard InChI is InChI=1S/C29H36N2O6/c1-5-35-26(32)15-16-30(22-13-14-22)27(33)25-17-23(18-31(25)28(34)37-29(2,3)4)36-19-21-11-8-10-20-9-6-7-12-24(20)21/h6-12,15-16,22-23,25H,5,13-14,17-19H2,1-4H3. The molecular formula is C29H36N2O6. The highest BCUT2D eigenvalue weighted by atomic mass is 16.6. The maximum Gasteiger partial charge on any atom is 0.411 e. The van der Waals surface area contributed by atoms with Crippen molar-refractivity contribution in [3.8, 4) is 0 Å². The van der Waals surface area contributed by atoms with Crippen LogP contribution in [0, 0.1) is 0 Å². The summed E-state index contributed by atoms with van der Waals surface area (Å²) < 4.78 is 16.9. The molecule has 2 aromatic rings. The predicted molar refractivity (Wildman–Crippen MR) is 140 cm³/mol. The van der Waals surface area contributed by atoms with Crippen molar-refractivity contribution >= 4 is 28.7 Å². The van der Waals surface area contributed by atoms with E-state index in [-0.39, 0.29) is 31.2 Å². The van der Waals surface area contributed by atoms with E-state index in [0.29, 0.717) is 13.0 Å². The van der Waals surface area contributed by atoms with Crippen LogP contribution in [0.3, 0.4) is 0 Å². The first-order valence-corrected chi connectivity index (χ1v) is 12.9. The number of rotatable bonds is 8. The quantitative estimate of drug-likeness (QED) is 0.376. The number of amides is 2. The molecule has 2 aliphatic rings. The Hall–Kier alpha value is -3.39. The Kier molecular flexibility index (Phi) is 8.17. The van der Waals surface area contributed by atoms with E-state index in [2.05, 4.69) is 18.2 Å². The molecule has 1 saturated carbocycles. The van der Waals surface area contributed by atoms with Gasteiger partial charge in [0.1, 0.15) is 11.6 Å². The monoisotopic (exact) mass is 508 g/mol. The van der Waals surface area contributed by atoms with Crippen LogP contribution in [0.2, 0.25) is 0 Å². The second-order valence-electron chi connectivity index (χ2n) is 10.5. The summed E-state index contributed by atoms with van der Waals surface area (Å²) in [7, 11) is 0. The van der Waals surface area contributed by atoms with E-state index in [1.807, 2.05) is 24.3 Å². The molecule has 8 nitrogen and oxygen atoms in total. The minimum Gasteiger partial charge on any atom is -0.463 e. The van der Waals surface area contributed by atoms with Gasteiger partial charge in [0.15, 0.2) is 0 Å². The van der Waals surface area contributed by atoms with Gasteiger partial charge in [0.2, 0.25) is 5.91 Å². The molecule has 1 aliphatic heterocycles. The number of esters is 1. The van der Waals surface area contributed by atoms with Gasteiger partial charge < -0.3 is 19.1 Å². The van der Waals surface area contributed by atoms with E-state index >= 15 is 0 Å². The maximum absolute atomic E-state index is 13.7. The summed E-state index contributed by atoms with van der Waals surface area (Å²) in [6, 6.07) is 13.5. The lowest BCUT2D eigenvalue weighted by molar-refractivity contribution is -0.137. The number of hydrogen-bond donors (Lipinski definition) is 0. The number of hydrogen-bond acceptors (Lipinski definition) is 6. The molecule has 0 bridgehead atoms. The number of nitrogens with zero attached hydrogens (tertiary/aromatic N) is 2. The highest BCUT2D eigenvalue weighted by molar-refractivity contribution is 5.89. The Balaban J connectivity index is 1.51. The minimum atomic E-state index is -0.750. The van der Waals surface area contributed by atoms with Gasteiger partial charge in [-0.1, -0.05) is 42.5 Å². The molecule has 1 saturated heterocycles. The van der Waals surface area contributed by atoms with Crippen LogP contribution in [0.15, 0.2) is 54.7 Å². The second-order valence-corrected chi connectivity index (χ2v) is 10.5. The van der Waals surface area contributed by atoms with Gasteiger partial charge >= 0.3 is 12.1 Å². The highest BCUT2D eigenvalue weighted by Gasteiger charge is 2.45. The maximum atomic E-state index is 13.7. The zero-order chi connectivity index (χ0) is 26.6. The number of benzene rings is 2. The Morgan fingerprint density at radius 2 is 1.81 bits per heavy atom. The molecule has 37 heavy (non-hydrogen) atoms. The van der Waals surface area contributed by atoms with Gasteiger partial charge in [-0.2, -0.15) is 0 Å². The fourth-order valence-electron chi connectivity index (χ4n) is 4.53. The summed E-state index contributed by atoms with van der Waals surface area (Å²) in [5.41, 5.74) is 0.348. The molecule has 2 aromatic carbocycles. The molecule has 198 valence electrons. The molecule has 4 rings (SSSR count). The van der Waals surface area contributed by atoms with Gasteiger partial charge in [0.05, 0.1) is 25.9 Å². The number of carbonyl (C=O) groups excluding carboxylic acids is 3. The van der Waals surface area contributed by atoms with Crippen LogP contribution >= 0.6 is 0 Å². The SMILES string of the molecule is CCOC(=O)C=CN(C(=O)C1CC(OCc2cccc3ccccc23)CN1C(=O)OC(C)(C)C)C1CC1. The number of carbonyl (C=O) groups is 3. The summed E-state index contributed by atoms with van der Waals surface area (Å²) in [4.78, 5) is 41.7. The van der Waals surface area contributed by atoms with E-state index in [1.165, 1.54) is 17.2 Å². The lowest BCUT2D eigenvalue weighted by Crippen LogP contribution is -2.48. The van der Waals surface area contributed by atoms with Crippen LogP contribution < -0.4 is 0 Å². The van der Waals surface area contributed by atoms with E-state index in [0.717, 1.165) is 29.2 Å². The van der Waals surface area contributed by atoms with Crippen molar-refractivity contribution in [1.29, 1.82) is 0 Å². The molecule has 2 fully saturated rings. The van der Waals surface area contributed by atoms with E-state index in [4.69, 9.17) is 14.2 Å². The summed E-state index contributed by atoms with van der Waals surface area (Å²) in [6.07, 6.45) is 3.90. The largest absolute Gasteiger partial charge is 0.463 e. The Morgan fingerprint density at radius 3 is 2.51 bits per heavy atom. The molecule has 0 radical (unpaired) electrons. The molecule has 2 atom stereocenters. The smallest absolute Gasteiger partial charge is 0.411 e. The summed E-state index contributed by atoms with van der Waals surface area (Å²) >= 11 is 0. The molecule has 2 unspecified atom stereocenters. The lowest BCUT2D eigenvalue weighted by atomic mass is 10.1. The van der Waals surface area contributed by atoms with Crippen molar-refractivity contribution in [2.45, 2.75) is 77.4 Å². The fourth-order valence-corrected chi connectivity index (χ4v) is 4.53. The summed E-state index contributed by atoms with van der Waals surface area (Å²) in [5.74, 6) is -0.752.